The van der Waals surface area contributed by atoms with Crippen LogP contribution in [0, 0.1) is 0 Å². The van der Waals surface area contributed by atoms with Crippen LogP contribution in [0.3, 0.4) is 0 Å². The summed E-state index contributed by atoms with van der Waals surface area (Å²) in [5.41, 5.74) is 6.25. The summed E-state index contributed by atoms with van der Waals surface area (Å²) in [6.45, 7) is 0. The number of amides is 1. The van der Waals surface area contributed by atoms with Crippen LogP contribution < -0.4 is 26.7 Å². The molecule has 2 N–H and O–H groups in total. The van der Waals surface area contributed by atoms with Gasteiger partial charge in [-0.25, -0.2) is 14.2 Å². The summed E-state index contributed by atoms with van der Waals surface area (Å²) in [5, 5.41) is 43.2. The number of para-hydroxylation sites is 3. The topological polar surface area (TPSA) is 216 Å². The molecule has 0 saturated heterocycles. The maximum absolute atomic E-state index is 11.4. The average molecular weight is 696 g/mol. The van der Waals surface area contributed by atoms with E-state index in [1.54, 1.807) is 36.8 Å². The molecule has 0 atom stereocenters. The molecule has 8 rings (SSSR count). The van der Waals surface area contributed by atoms with Crippen molar-refractivity contribution in [2.75, 3.05) is 0 Å². The van der Waals surface area contributed by atoms with E-state index in [1.165, 1.54) is 31.6 Å². The molecule has 0 bridgehead atoms. The Morgan fingerprint density at radius 1 is 0.646 bits per heavy atom. The molecule has 8 aromatic rings. The Hall–Kier alpha value is -6.32. The molecule has 0 spiro atoms. The molecule has 14 nitrogen and oxygen atoms in total. The molecular formula is C33H24GaN9O5. The second kappa shape index (κ2) is 15.8. The Morgan fingerprint density at radius 2 is 1.04 bits per heavy atom. The molecule has 15 heteroatoms. The van der Waals surface area contributed by atoms with E-state index in [0.29, 0.717) is 16.6 Å². The number of fused-ring (bicyclic) bond motifs is 4. The van der Waals surface area contributed by atoms with Gasteiger partial charge in [0.25, 0.3) is 5.91 Å². The molecular weight excluding hydrogens is 672 g/mol. The monoisotopic (exact) mass is 695 g/mol. The van der Waals surface area contributed by atoms with Crippen LogP contribution in [0.1, 0.15) is 10.5 Å². The van der Waals surface area contributed by atoms with Crippen LogP contribution in [0.2, 0.25) is 0 Å². The molecule has 0 unspecified atom stereocenters. The fourth-order valence-corrected chi connectivity index (χ4v) is 4.28. The van der Waals surface area contributed by atoms with Crippen molar-refractivity contribution in [3.63, 3.8) is 0 Å². The second-order valence-electron chi connectivity index (χ2n) is 9.64. The third kappa shape index (κ3) is 7.90. The Bertz CT molecular complexity index is 2200. The molecule has 5 heterocycles. The molecule has 0 aliphatic heterocycles. The van der Waals surface area contributed by atoms with Gasteiger partial charge in [0.05, 0.1) is 16.6 Å². The third-order valence-corrected chi connectivity index (χ3v) is 6.52. The number of primary amides is 1. The van der Waals surface area contributed by atoms with Crippen LogP contribution in [0.25, 0.3) is 38.4 Å². The minimum absolute atomic E-state index is 0. The largest absolute Gasteiger partial charge is 3.00 e. The van der Waals surface area contributed by atoms with Gasteiger partial charge in [-0.3, -0.25) is 19.7 Å². The number of nitrogens with zero attached hydrogens (tertiary/aromatic N) is 8. The number of rotatable bonds is 1. The summed E-state index contributed by atoms with van der Waals surface area (Å²) < 4.78 is 2.13. The number of hydrogen-bond acceptors (Lipinski definition) is 11. The first-order valence-electron chi connectivity index (χ1n) is 13.8. The van der Waals surface area contributed by atoms with Gasteiger partial charge in [0.2, 0.25) is 0 Å². The number of aromatic nitrogens is 8. The molecule has 234 valence electrons. The van der Waals surface area contributed by atoms with Crippen LogP contribution in [-0.2, 0) is 7.05 Å². The predicted octanol–water partition coefficient (Wildman–Crippen LogP) is 1.47. The van der Waals surface area contributed by atoms with Crippen molar-refractivity contribution in [1.29, 1.82) is 0 Å². The first-order chi connectivity index (χ1) is 22.7. The van der Waals surface area contributed by atoms with Gasteiger partial charge in [0, 0.05) is 25.6 Å². The van der Waals surface area contributed by atoms with Crippen molar-refractivity contribution in [2.24, 2.45) is 12.8 Å². The average Bonchev–Trinajstić information content (AvgIpc) is 3.54. The molecule has 3 aromatic carbocycles. The van der Waals surface area contributed by atoms with Gasteiger partial charge in [-0.1, -0.05) is 95.3 Å². The standard InChI is InChI=1S/3C9H7NO.C6H6N6O2.Ga/c3*11-8-5-1-3-7-4-2-6-10-9(7)8;1-11-6(14)12-2-8-3(4(7)13)5(12)9-10-11;/h3*1-6,11H;2H,1H3,(H2,7,13);/q;;;;+3/p-3. The van der Waals surface area contributed by atoms with Crippen LogP contribution in [-0.4, -0.2) is 65.0 Å². The van der Waals surface area contributed by atoms with E-state index >= 15 is 0 Å². The van der Waals surface area contributed by atoms with Crippen molar-refractivity contribution in [3.8, 4) is 17.2 Å². The molecule has 48 heavy (non-hydrogen) atoms. The minimum atomic E-state index is -0.741. The molecule has 1 amide bonds. The van der Waals surface area contributed by atoms with E-state index in [1.807, 2.05) is 54.6 Å². The molecule has 0 saturated carbocycles. The molecule has 0 aliphatic rings. The maximum Gasteiger partial charge on any atom is 3.00 e. The van der Waals surface area contributed by atoms with Crippen LogP contribution in [0.4, 0.5) is 0 Å². The molecule has 5 aromatic heterocycles. The van der Waals surface area contributed by atoms with Crippen LogP contribution in [0.5, 0.6) is 17.2 Å². The Morgan fingerprint density at radius 3 is 1.42 bits per heavy atom. The Balaban J connectivity index is 0.000000144. The number of nitrogens with two attached hydrogens (primary N) is 1. The van der Waals surface area contributed by atoms with E-state index in [9.17, 15) is 24.9 Å². The fourth-order valence-electron chi connectivity index (χ4n) is 4.28. The van der Waals surface area contributed by atoms with Gasteiger partial charge >= 0.3 is 25.5 Å². The van der Waals surface area contributed by atoms with Crippen molar-refractivity contribution in [1.82, 2.24) is 39.3 Å². The third-order valence-electron chi connectivity index (χ3n) is 6.52. The van der Waals surface area contributed by atoms with Crippen molar-refractivity contribution in [2.45, 2.75) is 0 Å². The predicted molar refractivity (Wildman–Crippen MR) is 174 cm³/mol. The minimum Gasteiger partial charge on any atom is -0.871 e. The summed E-state index contributed by atoms with van der Waals surface area (Å²) in [5.74, 6) is -0.774. The number of carbonyl (C=O) groups excluding carboxylic acids is 1. The fraction of sp³-hybridized carbons (Fsp3) is 0.0303. The quantitative estimate of drug-likeness (QED) is 0.243. The number of benzene rings is 3. The van der Waals surface area contributed by atoms with Gasteiger partial charge in [-0.05, 0) is 34.4 Å². The van der Waals surface area contributed by atoms with Gasteiger partial charge in [0.15, 0.2) is 11.3 Å². The first-order valence-corrected chi connectivity index (χ1v) is 13.8. The molecule has 0 aliphatic carbocycles. The summed E-state index contributed by atoms with van der Waals surface area (Å²) in [7, 11) is 1.44. The SMILES string of the molecule is Cn1nnc2c(C(N)=O)ncn2c1=O.[Ga+3].[O-]c1cccc2cccnc12.[O-]c1cccc2cccnc12.[O-]c1cccc2cccnc12. The molecule has 0 fully saturated rings. The van der Waals surface area contributed by atoms with Crippen molar-refractivity contribution in [3.05, 3.63) is 132 Å². The number of pyridine rings is 3. The van der Waals surface area contributed by atoms with E-state index in [0.717, 1.165) is 25.2 Å². The maximum atomic E-state index is 11.4. The zero-order valence-corrected chi connectivity index (χ0v) is 27.7. The van der Waals surface area contributed by atoms with Crippen LogP contribution >= 0.6 is 0 Å². The van der Waals surface area contributed by atoms with Crippen LogP contribution in [0.15, 0.2) is 121 Å². The summed E-state index contributed by atoms with van der Waals surface area (Å²) in [4.78, 5) is 37.8. The van der Waals surface area contributed by atoms with E-state index in [2.05, 4.69) is 30.2 Å². The van der Waals surface area contributed by atoms with Gasteiger partial charge in [-0.2, -0.15) is 4.68 Å². The summed E-state index contributed by atoms with van der Waals surface area (Å²) in [6, 6.07) is 26.5. The van der Waals surface area contributed by atoms with Gasteiger partial charge in [0.1, 0.15) is 6.33 Å². The van der Waals surface area contributed by atoms with Gasteiger partial charge in [-0.15, -0.1) is 5.10 Å². The van der Waals surface area contributed by atoms with E-state index in [4.69, 9.17) is 5.73 Å². The molecule has 0 radical (unpaired) electrons. The second-order valence-corrected chi connectivity index (χ2v) is 9.64. The normalized spacial score (nSPS) is 10.1. The first kappa shape index (κ1) is 34.5. The smallest absolute Gasteiger partial charge is 0.871 e. The zero-order valence-electron chi connectivity index (χ0n) is 25.2. The summed E-state index contributed by atoms with van der Waals surface area (Å²) in [6.07, 6.45) is 6.07. The number of aryl methyl sites for hydroxylation is 1. The number of hydrogen-bond donors (Lipinski definition) is 1. The Kier molecular flexibility index (Phi) is 11.4. The number of carbonyl (C=O) groups is 1. The zero-order chi connectivity index (χ0) is 33.3. The number of imidazole rings is 1. The van der Waals surface area contributed by atoms with Gasteiger partial charge < -0.3 is 21.1 Å². The van der Waals surface area contributed by atoms with Crippen molar-refractivity contribution >= 4 is 64.1 Å². The summed E-state index contributed by atoms with van der Waals surface area (Å²) >= 11 is 0. The van der Waals surface area contributed by atoms with E-state index in [-0.39, 0.29) is 48.4 Å². The van der Waals surface area contributed by atoms with E-state index < -0.39 is 11.6 Å². The Labute approximate surface area is 284 Å². The van der Waals surface area contributed by atoms with Crippen molar-refractivity contribution < 1.29 is 20.1 Å².